The summed E-state index contributed by atoms with van der Waals surface area (Å²) < 4.78 is 10.2. The van der Waals surface area contributed by atoms with Crippen LogP contribution in [0.4, 0.5) is 5.95 Å². The number of piperazine rings is 1. The molecule has 3 rings (SSSR count). The van der Waals surface area contributed by atoms with E-state index in [0.717, 1.165) is 5.75 Å². The van der Waals surface area contributed by atoms with Crippen LogP contribution in [0.5, 0.6) is 11.6 Å². The van der Waals surface area contributed by atoms with E-state index in [1.54, 1.807) is 50.7 Å². The first-order chi connectivity index (χ1) is 11.7. The second kappa shape index (κ2) is 8.53. The van der Waals surface area contributed by atoms with Crippen molar-refractivity contribution < 1.29 is 14.3 Å². The molecule has 1 aromatic heterocycles. The molecule has 134 valence electrons. The Morgan fingerprint density at radius 2 is 1.68 bits per heavy atom. The van der Waals surface area contributed by atoms with E-state index in [2.05, 4.69) is 14.9 Å². The molecule has 25 heavy (non-hydrogen) atoms. The Bertz CT molecular complexity index is 703. The topological polar surface area (TPSA) is 67.8 Å². The van der Waals surface area contributed by atoms with Gasteiger partial charge in [0.25, 0.3) is 5.91 Å². The van der Waals surface area contributed by atoms with Crippen LogP contribution in [0.15, 0.2) is 36.5 Å². The predicted molar refractivity (Wildman–Crippen MR) is 96.9 cm³/mol. The van der Waals surface area contributed by atoms with E-state index in [1.807, 2.05) is 4.90 Å². The van der Waals surface area contributed by atoms with Gasteiger partial charge in [0.1, 0.15) is 5.75 Å². The summed E-state index contributed by atoms with van der Waals surface area (Å²) in [7, 11) is 3.19. The zero-order valence-corrected chi connectivity index (χ0v) is 15.0. The number of halogens is 1. The van der Waals surface area contributed by atoms with E-state index >= 15 is 0 Å². The van der Waals surface area contributed by atoms with Gasteiger partial charge in [-0.2, -0.15) is 4.98 Å². The van der Waals surface area contributed by atoms with Crippen molar-refractivity contribution >= 4 is 24.3 Å². The number of anilines is 1. The van der Waals surface area contributed by atoms with Gasteiger partial charge in [-0.25, -0.2) is 4.98 Å². The molecule has 0 saturated carbocycles. The van der Waals surface area contributed by atoms with E-state index in [9.17, 15) is 4.79 Å². The lowest BCUT2D eigenvalue weighted by molar-refractivity contribution is 0.0746. The first kappa shape index (κ1) is 18.8. The molecule has 0 spiro atoms. The zero-order chi connectivity index (χ0) is 16.9. The number of hydrogen-bond donors (Lipinski definition) is 0. The summed E-state index contributed by atoms with van der Waals surface area (Å²) in [6.45, 7) is 2.64. The lowest BCUT2D eigenvalue weighted by Crippen LogP contribution is -2.49. The van der Waals surface area contributed by atoms with Crippen molar-refractivity contribution in [2.24, 2.45) is 0 Å². The van der Waals surface area contributed by atoms with Crippen LogP contribution in [-0.4, -0.2) is 61.2 Å². The van der Waals surface area contributed by atoms with Crippen molar-refractivity contribution in [2.75, 3.05) is 45.3 Å². The average Bonchev–Trinajstić information content (AvgIpc) is 2.67. The van der Waals surface area contributed by atoms with Crippen LogP contribution in [0.2, 0.25) is 0 Å². The highest BCUT2D eigenvalue weighted by molar-refractivity contribution is 5.94. The Kier molecular flexibility index (Phi) is 6.41. The van der Waals surface area contributed by atoms with Gasteiger partial charge in [-0.1, -0.05) is 0 Å². The van der Waals surface area contributed by atoms with Crippen molar-refractivity contribution in [1.82, 2.24) is 14.9 Å². The van der Waals surface area contributed by atoms with E-state index in [1.165, 1.54) is 0 Å². The van der Waals surface area contributed by atoms with Crippen molar-refractivity contribution in [2.45, 2.75) is 0 Å². The van der Waals surface area contributed by atoms with E-state index in [0.29, 0.717) is 43.6 Å². The number of nitrogens with zero attached hydrogens (tertiary/aromatic N) is 4. The van der Waals surface area contributed by atoms with Crippen LogP contribution < -0.4 is 14.4 Å². The molecule has 0 bridgehead atoms. The lowest BCUT2D eigenvalue weighted by Gasteiger charge is -2.34. The summed E-state index contributed by atoms with van der Waals surface area (Å²) in [5, 5.41) is 0. The Labute approximate surface area is 153 Å². The summed E-state index contributed by atoms with van der Waals surface area (Å²) in [5.41, 5.74) is 0.668. The van der Waals surface area contributed by atoms with Gasteiger partial charge in [0, 0.05) is 44.0 Å². The number of carbonyl (C=O) groups excluding carboxylic acids is 1. The highest BCUT2D eigenvalue weighted by atomic mass is 35.5. The fourth-order valence-corrected chi connectivity index (χ4v) is 2.62. The number of benzene rings is 1. The minimum atomic E-state index is 0. The molecule has 0 atom stereocenters. The second-order valence-electron chi connectivity index (χ2n) is 5.41. The lowest BCUT2D eigenvalue weighted by atomic mass is 10.1. The number of methoxy groups -OCH3 is 2. The SMILES string of the molecule is COc1ccc(C(=O)N2CCN(c3nccc(OC)n3)CC2)cc1.Cl. The molecular formula is C17H21ClN4O3. The fraction of sp³-hybridized carbons (Fsp3) is 0.353. The van der Waals surface area contributed by atoms with Crippen molar-refractivity contribution in [3.63, 3.8) is 0 Å². The van der Waals surface area contributed by atoms with Crippen LogP contribution in [-0.2, 0) is 0 Å². The van der Waals surface area contributed by atoms with Crippen molar-refractivity contribution in [1.29, 1.82) is 0 Å². The molecular weight excluding hydrogens is 344 g/mol. The highest BCUT2D eigenvalue weighted by Gasteiger charge is 2.23. The maximum absolute atomic E-state index is 12.6. The highest BCUT2D eigenvalue weighted by Crippen LogP contribution is 2.17. The summed E-state index contributed by atoms with van der Waals surface area (Å²) in [5.74, 6) is 1.94. The molecule has 0 radical (unpaired) electrons. The Morgan fingerprint density at radius 3 is 2.28 bits per heavy atom. The van der Waals surface area contributed by atoms with Crippen LogP contribution in [0.1, 0.15) is 10.4 Å². The minimum Gasteiger partial charge on any atom is -0.497 e. The van der Waals surface area contributed by atoms with Crippen molar-refractivity contribution in [3.05, 3.63) is 42.1 Å². The Morgan fingerprint density at radius 1 is 1.00 bits per heavy atom. The number of ether oxygens (including phenoxy) is 2. The van der Waals surface area contributed by atoms with Crippen molar-refractivity contribution in [3.8, 4) is 11.6 Å². The van der Waals surface area contributed by atoms with Crippen LogP contribution in [0.3, 0.4) is 0 Å². The van der Waals surface area contributed by atoms with Crippen LogP contribution in [0, 0.1) is 0 Å². The van der Waals surface area contributed by atoms with Gasteiger partial charge in [-0.05, 0) is 24.3 Å². The molecule has 0 N–H and O–H groups in total. The number of rotatable bonds is 4. The monoisotopic (exact) mass is 364 g/mol. The maximum Gasteiger partial charge on any atom is 0.253 e. The quantitative estimate of drug-likeness (QED) is 0.825. The number of amides is 1. The van der Waals surface area contributed by atoms with Gasteiger partial charge in [0.2, 0.25) is 11.8 Å². The molecule has 7 nitrogen and oxygen atoms in total. The van der Waals surface area contributed by atoms with Gasteiger partial charge < -0.3 is 19.3 Å². The molecule has 1 aromatic carbocycles. The molecule has 8 heteroatoms. The largest absolute Gasteiger partial charge is 0.497 e. The average molecular weight is 365 g/mol. The smallest absolute Gasteiger partial charge is 0.253 e. The molecule has 0 unspecified atom stereocenters. The third-order valence-corrected chi connectivity index (χ3v) is 4.01. The molecule has 0 aliphatic carbocycles. The van der Waals surface area contributed by atoms with Gasteiger partial charge in [-0.15, -0.1) is 12.4 Å². The summed E-state index contributed by atoms with van der Waals surface area (Å²) in [6, 6.07) is 8.89. The molecule has 1 aliphatic heterocycles. The van der Waals surface area contributed by atoms with Gasteiger partial charge in [0.15, 0.2) is 0 Å². The Hall–Kier alpha value is -2.54. The summed E-state index contributed by atoms with van der Waals surface area (Å²) in [4.78, 5) is 25.1. The summed E-state index contributed by atoms with van der Waals surface area (Å²) in [6.07, 6.45) is 1.68. The first-order valence-electron chi connectivity index (χ1n) is 7.76. The third kappa shape index (κ3) is 4.30. The molecule has 1 amide bonds. The molecule has 2 aromatic rings. The number of aromatic nitrogens is 2. The Balaban J connectivity index is 0.00000225. The number of carbonyl (C=O) groups is 1. The van der Waals surface area contributed by atoms with E-state index in [-0.39, 0.29) is 18.3 Å². The molecule has 1 aliphatic rings. The fourth-order valence-electron chi connectivity index (χ4n) is 2.62. The first-order valence-corrected chi connectivity index (χ1v) is 7.76. The van der Waals surface area contributed by atoms with E-state index in [4.69, 9.17) is 9.47 Å². The second-order valence-corrected chi connectivity index (χ2v) is 5.41. The van der Waals surface area contributed by atoms with Gasteiger partial charge in [-0.3, -0.25) is 4.79 Å². The maximum atomic E-state index is 12.6. The van der Waals surface area contributed by atoms with Gasteiger partial charge in [0.05, 0.1) is 14.2 Å². The van der Waals surface area contributed by atoms with Crippen LogP contribution in [0.25, 0.3) is 0 Å². The number of hydrogen-bond acceptors (Lipinski definition) is 6. The zero-order valence-electron chi connectivity index (χ0n) is 14.2. The normalized spacial score (nSPS) is 13.8. The minimum absolute atomic E-state index is 0. The summed E-state index contributed by atoms with van der Waals surface area (Å²) >= 11 is 0. The molecule has 1 saturated heterocycles. The third-order valence-electron chi connectivity index (χ3n) is 4.01. The van der Waals surface area contributed by atoms with E-state index < -0.39 is 0 Å². The standard InChI is InChI=1S/C17H20N4O3.ClH/c1-23-14-5-3-13(4-6-14)16(22)20-9-11-21(12-10-20)17-18-8-7-15(19-17)24-2;/h3-8H,9-12H2,1-2H3;1H. The molecule has 2 heterocycles. The predicted octanol–water partition coefficient (Wildman–Crippen LogP) is 1.88. The molecule has 1 fully saturated rings. The van der Waals surface area contributed by atoms with Crippen LogP contribution >= 0.6 is 12.4 Å². The van der Waals surface area contributed by atoms with Gasteiger partial charge >= 0.3 is 0 Å².